The molecular weight excluding hydrogens is 356 g/mol. The van der Waals surface area contributed by atoms with Crippen LogP contribution >= 0.6 is 22.7 Å². The van der Waals surface area contributed by atoms with Gasteiger partial charge in [0.15, 0.2) is 16.5 Å². The lowest BCUT2D eigenvalue weighted by Crippen LogP contribution is -2.10. The maximum atomic E-state index is 12.3. The number of rotatable bonds is 4. The number of carbonyl (C=O) groups excluding carboxylic acids is 1. The van der Waals surface area contributed by atoms with Crippen molar-refractivity contribution in [3.63, 3.8) is 0 Å². The van der Waals surface area contributed by atoms with Gasteiger partial charge in [-0.15, -0.1) is 21.5 Å². The number of carbonyl (C=O) groups is 1. The van der Waals surface area contributed by atoms with Crippen LogP contribution in [0.25, 0.3) is 21.0 Å². The maximum Gasteiger partial charge on any atom is 0.293 e. The highest BCUT2D eigenvalue weighted by atomic mass is 32.1. The van der Waals surface area contributed by atoms with Gasteiger partial charge in [0, 0.05) is 5.92 Å². The summed E-state index contributed by atoms with van der Waals surface area (Å²) in [7, 11) is 0. The fourth-order valence-electron chi connectivity index (χ4n) is 2.49. The summed E-state index contributed by atoms with van der Waals surface area (Å²) in [5.74, 6) is 1.02. The topological polar surface area (TPSA) is 80.9 Å². The summed E-state index contributed by atoms with van der Waals surface area (Å²) in [5.41, 5.74) is 0.923. The van der Waals surface area contributed by atoms with Crippen molar-refractivity contribution in [2.45, 2.75) is 18.8 Å². The van der Waals surface area contributed by atoms with Crippen LogP contribution in [0.3, 0.4) is 0 Å². The molecule has 3 aromatic heterocycles. The molecule has 0 bridgehead atoms. The summed E-state index contributed by atoms with van der Waals surface area (Å²) in [4.78, 5) is 16.9. The first-order chi connectivity index (χ1) is 12.3. The van der Waals surface area contributed by atoms with E-state index in [1.165, 1.54) is 22.7 Å². The third kappa shape index (κ3) is 2.83. The van der Waals surface area contributed by atoms with Crippen LogP contribution in [0.1, 0.15) is 34.3 Å². The molecule has 1 aromatic carbocycles. The molecule has 1 fully saturated rings. The number of furan rings is 1. The second-order valence-corrected chi connectivity index (χ2v) is 7.86. The molecule has 1 saturated carbocycles. The zero-order chi connectivity index (χ0) is 16.8. The van der Waals surface area contributed by atoms with Gasteiger partial charge in [0.05, 0.1) is 10.2 Å². The lowest BCUT2D eigenvalue weighted by molar-refractivity contribution is 0.0997. The Hall–Kier alpha value is -2.58. The van der Waals surface area contributed by atoms with Crippen molar-refractivity contribution >= 4 is 43.9 Å². The summed E-state index contributed by atoms with van der Waals surface area (Å²) < 4.78 is 6.78. The highest BCUT2D eigenvalue weighted by Crippen LogP contribution is 2.42. The molecule has 1 amide bonds. The quantitative estimate of drug-likeness (QED) is 0.572. The Morgan fingerprint density at radius 3 is 2.84 bits per heavy atom. The lowest BCUT2D eigenvalue weighted by atomic mass is 10.3. The summed E-state index contributed by atoms with van der Waals surface area (Å²) in [6.07, 6.45) is 2.32. The van der Waals surface area contributed by atoms with Crippen molar-refractivity contribution < 1.29 is 9.21 Å². The Morgan fingerprint density at radius 2 is 2.00 bits per heavy atom. The van der Waals surface area contributed by atoms with Crippen molar-refractivity contribution in [1.82, 2.24) is 15.2 Å². The largest absolute Gasteiger partial charge is 0.448 e. The molecule has 6 nitrogen and oxygen atoms in total. The standard InChI is InChI=1S/C17H12N4O2S2/c22-14(19-17-21-20-15(25-17)9-5-6-9)11-7-8-12(23-11)16-18-10-3-1-2-4-13(10)24-16/h1-4,7-9H,5-6H2,(H,19,21,22). The number of fused-ring (bicyclic) bond motifs is 1. The van der Waals surface area contributed by atoms with Crippen LogP contribution in [0.2, 0.25) is 0 Å². The smallest absolute Gasteiger partial charge is 0.293 e. The van der Waals surface area contributed by atoms with Crippen LogP contribution in [-0.4, -0.2) is 21.1 Å². The molecule has 0 radical (unpaired) electrons. The summed E-state index contributed by atoms with van der Waals surface area (Å²) >= 11 is 2.96. The van der Waals surface area contributed by atoms with E-state index >= 15 is 0 Å². The molecule has 5 rings (SSSR count). The van der Waals surface area contributed by atoms with Gasteiger partial charge in [-0.3, -0.25) is 10.1 Å². The predicted octanol–water partition coefficient (Wildman–Crippen LogP) is 4.54. The summed E-state index contributed by atoms with van der Waals surface area (Å²) in [5, 5.41) is 13.1. The van der Waals surface area contributed by atoms with Gasteiger partial charge in [0.2, 0.25) is 5.13 Å². The van der Waals surface area contributed by atoms with E-state index in [9.17, 15) is 4.79 Å². The maximum absolute atomic E-state index is 12.3. The lowest BCUT2D eigenvalue weighted by Gasteiger charge is -1.96. The number of benzene rings is 1. The summed E-state index contributed by atoms with van der Waals surface area (Å²) in [6, 6.07) is 11.3. The molecule has 0 spiro atoms. The Morgan fingerprint density at radius 1 is 1.12 bits per heavy atom. The molecule has 0 aliphatic heterocycles. The highest BCUT2D eigenvalue weighted by Gasteiger charge is 2.28. The van der Waals surface area contributed by atoms with Gasteiger partial charge in [-0.25, -0.2) is 4.98 Å². The molecule has 1 aliphatic carbocycles. The zero-order valence-corrected chi connectivity index (χ0v) is 14.6. The minimum absolute atomic E-state index is 0.234. The molecule has 3 heterocycles. The van der Waals surface area contributed by atoms with Crippen LogP contribution in [0.4, 0.5) is 5.13 Å². The first kappa shape index (κ1) is 14.7. The van der Waals surface area contributed by atoms with Crippen molar-refractivity contribution in [3.8, 4) is 10.8 Å². The molecule has 0 saturated heterocycles. The third-order valence-corrected chi connectivity index (χ3v) is 5.97. The van der Waals surface area contributed by atoms with E-state index in [0.717, 1.165) is 33.1 Å². The average Bonchev–Trinajstić information content (AvgIpc) is 3.04. The third-order valence-electron chi connectivity index (χ3n) is 3.92. The van der Waals surface area contributed by atoms with Crippen LogP contribution < -0.4 is 5.32 Å². The molecular formula is C17H12N4O2S2. The SMILES string of the molecule is O=C(Nc1nnc(C2CC2)s1)c1ccc(-c2nc3ccccc3s2)o1. The molecule has 25 heavy (non-hydrogen) atoms. The number of hydrogen-bond acceptors (Lipinski definition) is 7. The van der Waals surface area contributed by atoms with E-state index < -0.39 is 0 Å². The van der Waals surface area contributed by atoms with Gasteiger partial charge in [-0.2, -0.15) is 0 Å². The fraction of sp³-hybridized carbons (Fsp3) is 0.176. The summed E-state index contributed by atoms with van der Waals surface area (Å²) in [6.45, 7) is 0. The highest BCUT2D eigenvalue weighted by molar-refractivity contribution is 7.21. The van der Waals surface area contributed by atoms with E-state index in [-0.39, 0.29) is 11.7 Å². The monoisotopic (exact) mass is 368 g/mol. The van der Waals surface area contributed by atoms with Crippen LogP contribution in [0.15, 0.2) is 40.8 Å². The van der Waals surface area contributed by atoms with Gasteiger partial charge in [-0.1, -0.05) is 23.5 Å². The number of hydrogen-bond donors (Lipinski definition) is 1. The van der Waals surface area contributed by atoms with Crippen molar-refractivity contribution in [1.29, 1.82) is 0 Å². The Balaban J connectivity index is 1.36. The minimum atomic E-state index is -0.328. The first-order valence-electron chi connectivity index (χ1n) is 7.87. The number of thiazole rings is 1. The molecule has 4 aromatic rings. The molecule has 1 aliphatic rings. The average molecular weight is 368 g/mol. The zero-order valence-electron chi connectivity index (χ0n) is 12.9. The molecule has 8 heteroatoms. The van der Waals surface area contributed by atoms with Gasteiger partial charge >= 0.3 is 0 Å². The number of nitrogens with one attached hydrogen (secondary N) is 1. The van der Waals surface area contributed by atoms with Crippen molar-refractivity contribution in [3.05, 3.63) is 47.2 Å². The van der Waals surface area contributed by atoms with Gasteiger partial charge < -0.3 is 4.42 Å². The Bertz CT molecular complexity index is 1040. The molecule has 1 N–H and O–H groups in total. The molecule has 0 unspecified atom stereocenters. The number of aromatic nitrogens is 3. The van der Waals surface area contributed by atoms with E-state index in [2.05, 4.69) is 20.5 Å². The molecule has 0 atom stereocenters. The van der Waals surface area contributed by atoms with Crippen LogP contribution in [0.5, 0.6) is 0 Å². The van der Waals surface area contributed by atoms with Crippen molar-refractivity contribution in [2.24, 2.45) is 0 Å². The van der Waals surface area contributed by atoms with E-state index in [1.807, 2.05) is 24.3 Å². The van der Waals surface area contributed by atoms with Gasteiger partial charge in [0.1, 0.15) is 5.01 Å². The van der Waals surface area contributed by atoms with E-state index in [4.69, 9.17) is 4.42 Å². The number of nitrogens with zero attached hydrogens (tertiary/aromatic N) is 3. The number of anilines is 1. The fourth-order valence-corrected chi connectivity index (χ4v) is 4.33. The first-order valence-corrected chi connectivity index (χ1v) is 9.50. The number of para-hydroxylation sites is 1. The molecule has 124 valence electrons. The van der Waals surface area contributed by atoms with E-state index in [0.29, 0.717) is 16.8 Å². The van der Waals surface area contributed by atoms with Crippen LogP contribution in [-0.2, 0) is 0 Å². The van der Waals surface area contributed by atoms with Gasteiger partial charge in [0.25, 0.3) is 5.91 Å². The second kappa shape index (κ2) is 5.75. The van der Waals surface area contributed by atoms with E-state index in [1.54, 1.807) is 12.1 Å². The van der Waals surface area contributed by atoms with Gasteiger partial charge in [-0.05, 0) is 37.1 Å². The second-order valence-electron chi connectivity index (χ2n) is 5.82. The minimum Gasteiger partial charge on any atom is -0.448 e. The normalized spacial score (nSPS) is 14.1. The number of amides is 1. The van der Waals surface area contributed by atoms with Crippen LogP contribution in [0, 0.1) is 0 Å². The Labute approximate surface area is 150 Å². The van der Waals surface area contributed by atoms with Crippen molar-refractivity contribution in [2.75, 3.05) is 5.32 Å². The predicted molar refractivity (Wildman–Crippen MR) is 97.2 cm³/mol. The Kier molecular flexibility index (Phi) is 3.39.